The Morgan fingerprint density at radius 3 is 2.45 bits per heavy atom. The van der Waals surface area contributed by atoms with Gasteiger partial charge in [0.05, 0.1) is 6.04 Å². The molecule has 0 spiro atoms. The van der Waals surface area contributed by atoms with Crippen molar-refractivity contribution >= 4 is 21.9 Å². The summed E-state index contributed by atoms with van der Waals surface area (Å²) >= 11 is 3.45. The van der Waals surface area contributed by atoms with Crippen molar-refractivity contribution in [2.45, 2.75) is 24.9 Å². The van der Waals surface area contributed by atoms with Gasteiger partial charge in [-0.25, -0.2) is 0 Å². The predicted octanol–water partition coefficient (Wildman–Crippen LogP) is 3.48. The van der Waals surface area contributed by atoms with Gasteiger partial charge in [-0.2, -0.15) is 0 Å². The van der Waals surface area contributed by atoms with Gasteiger partial charge in [0.25, 0.3) is 0 Å². The van der Waals surface area contributed by atoms with E-state index in [0.29, 0.717) is 6.42 Å². The van der Waals surface area contributed by atoms with Crippen LogP contribution in [0.15, 0.2) is 53.3 Å². The number of rotatable bonds is 4. The summed E-state index contributed by atoms with van der Waals surface area (Å²) in [5.41, 5.74) is 2.17. The van der Waals surface area contributed by atoms with Crippen LogP contribution in [0, 0.1) is 0 Å². The molecule has 1 N–H and O–H groups in total. The van der Waals surface area contributed by atoms with Gasteiger partial charge in [-0.3, -0.25) is 14.7 Å². The molecule has 1 aromatic carbocycles. The zero-order chi connectivity index (χ0) is 15.5. The van der Waals surface area contributed by atoms with Gasteiger partial charge in [-0.15, -0.1) is 0 Å². The number of benzene rings is 1. The highest BCUT2D eigenvalue weighted by molar-refractivity contribution is 9.10. The molecule has 2 heterocycles. The van der Waals surface area contributed by atoms with E-state index in [-0.39, 0.29) is 6.04 Å². The minimum Gasteiger partial charge on any atom is -0.480 e. The lowest BCUT2D eigenvalue weighted by Crippen LogP contribution is -2.39. The Labute approximate surface area is 137 Å². The SMILES string of the molecule is O=C(O)C1CCCN1C(c1ccncc1)c1ccc(Br)cc1. The maximum atomic E-state index is 11.6. The highest BCUT2D eigenvalue weighted by Crippen LogP contribution is 2.35. The van der Waals surface area contributed by atoms with E-state index in [1.54, 1.807) is 12.4 Å². The first-order chi connectivity index (χ1) is 10.7. The molecule has 1 aromatic heterocycles. The van der Waals surface area contributed by atoms with Gasteiger partial charge < -0.3 is 5.11 Å². The fourth-order valence-electron chi connectivity index (χ4n) is 3.13. The smallest absolute Gasteiger partial charge is 0.320 e. The first-order valence-corrected chi connectivity index (χ1v) is 8.10. The quantitative estimate of drug-likeness (QED) is 0.906. The van der Waals surface area contributed by atoms with Gasteiger partial charge in [0, 0.05) is 23.4 Å². The molecule has 0 amide bonds. The largest absolute Gasteiger partial charge is 0.480 e. The summed E-state index contributed by atoms with van der Waals surface area (Å²) in [4.78, 5) is 17.7. The Balaban J connectivity index is 2.03. The number of halogens is 1. The molecule has 3 rings (SSSR count). The summed E-state index contributed by atoms with van der Waals surface area (Å²) in [5.74, 6) is -0.742. The van der Waals surface area contributed by atoms with Gasteiger partial charge in [0.15, 0.2) is 0 Å². The summed E-state index contributed by atoms with van der Waals surface area (Å²) in [6.07, 6.45) is 5.13. The van der Waals surface area contributed by atoms with Crippen molar-refractivity contribution in [3.8, 4) is 0 Å². The third-order valence-electron chi connectivity index (χ3n) is 4.12. The molecule has 2 atom stereocenters. The van der Waals surface area contributed by atoms with E-state index in [9.17, 15) is 9.90 Å². The fourth-order valence-corrected chi connectivity index (χ4v) is 3.39. The number of aromatic nitrogens is 1. The normalized spacial score (nSPS) is 20.0. The van der Waals surface area contributed by atoms with Gasteiger partial charge in [0.2, 0.25) is 0 Å². The van der Waals surface area contributed by atoms with Crippen LogP contribution in [0.1, 0.15) is 30.0 Å². The Kier molecular flexibility index (Phi) is 4.55. The van der Waals surface area contributed by atoms with E-state index >= 15 is 0 Å². The molecule has 5 heteroatoms. The Hall–Kier alpha value is -1.72. The number of hydrogen-bond donors (Lipinski definition) is 1. The number of carbonyl (C=O) groups is 1. The molecule has 114 valence electrons. The molecule has 1 fully saturated rings. The van der Waals surface area contributed by atoms with Gasteiger partial charge in [-0.1, -0.05) is 28.1 Å². The molecule has 2 aromatic rings. The third-order valence-corrected chi connectivity index (χ3v) is 4.65. The maximum Gasteiger partial charge on any atom is 0.320 e. The fraction of sp³-hybridized carbons (Fsp3) is 0.294. The van der Waals surface area contributed by atoms with Crippen molar-refractivity contribution < 1.29 is 9.90 Å². The molecule has 1 saturated heterocycles. The second-order valence-corrected chi connectivity index (χ2v) is 6.38. The number of aliphatic carboxylic acids is 1. The third kappa shape index (κ3) is 3.05. The highest BCUT2D eigenvalue weighted by Gasteiger charge is 2.36. The van der Waals surface area contributed by atoms with E-state index in [1.165, 1.54) is 0 Å². The number of likely N-dealkylation sites (tertiary alicyclic amines) is 1. The molecule has 2 unspecified atom stereocenters. The highest BCUT2D eigenvalue weighted by atomic mass is 79.9. The van der Waals surface area contributed by atoms with E-state index in [1.807, 2.05) is 36.4 Å². The Morgan fingerprint density at radius 1 is 1.18 bits per heavy atom. The van der Waals surface area contributed by atoms with Crippen molar-refractivity contribution in [1.29, 1.82) is 0 Å². The summed E-state index contributed by atoms with van der Waals surface area (Å²) in [6.45, 7) is 0.792. The summed E-state index contributed by atoms with van der Waals surface area (Å²) in [5, 5.41) is 9.51. The van der Waals surface area contributed by atoms with Crippen LogP contribution >= 0.6 is 15.9 Å². The van der Waals surface area contributed by atoms with E-state index in [2.05, 4.69) is 25.8 Å². The standard InChI is InChI=1S/C17H17BrN2O2/c18-14-5-3-12(4-6-14)16(13-7-9-19-10-8-13)20-11-1-2-15(20)17(21)22/h3-10,15-16H,1-2,11H2,(H,21,22). The molecule has 4 nitrogen and oxygen atoms in total. The second kappa shape index (κ2) is 6.58. The van der Waals surface area contributed by atoms with E-state index in [0.717, 1.165) is 28.6 Å². The van der Waals surface area contributed by atoms with Crippen molar-refractivity contribution in [2.75, 3.05) is 6.54 Å². The van der Waals surface area contributed by atoms with Crippen molar-refractivity contribution in [3.05, 3.63) is 64.4 Å². The van der Waals surface area contributed by atoms with Crippen molar-refractivity contribution in [3.63, 3.8) is 0 Å². The van der Waals surface area contributed by atoms with Crippen molar-refractivity contribution in [1.82, 2.24) is 9.88 Å². The number of pyridine rings is 1. The molecule has 0 aliphatic carbocycles. The van der Waals surface area contributed by atoms with Crippen LogP contribution in [0.4, 0.5) is 0 Å². The van der Waals surface area contributed by atoms with Crippen LogP contribution in [0.2, 0.25) is 0 Å². The molecule has 1 aliphatic heterocycles. The average molecular weight is 361 g/mol. The Morgan fingerprint density at radius 2 is 1.82 bits per heavy atom. The molecule has 1 aliphatic rings. The number of nitrogens with zero attached hydrogens (tertiary/aromatic N) is 2. The molecule has 0 radical (unpaired) electrons. The zero-order valence-corrected chi connectivity index (χ0v) is 13.6. The van der Waals surface area contributed by atoms with E-state index in [4.69, 9.17) is 0 Å². The number of hydrogen-bond acceptors (Lipinski definition) is 3. The van der Waals surface area contributed by atoms with Crippen LogP contribution in [0.3, 0.4) is 0 Å². The Bertz CT molecular complexity index is 645. The van der Waals surface area contributed by atoms with Crippen molar-refractivity contribution in [2.24, 2.45) is 0 Å². The van der Waals surface area contributed by atoms with Crippen LogP contribution in [0.25, 0.3) is 0 Å². The minimum absolute atomic E-state index is 0.0558. The maximum absolute atomic E-state index is 11.6. The van der Waals surface area contributed by atoms with E-state index < -0.39 is 12.0 Å². The predicted molar refractivity (Wildman–Crippen MR) is 87.6 cm³/mol. The van der Waals surface area contributed by atoms with Crippen LogP contribution in [0.5, 0.6) is 0 Å². The van der Waals surface area contributed by atoms with Gasteiger partial charge in [-0.05, 0) is 48.2 Å². The molecule has 0 saturated carbocycles. The van der Waals surface area contributed by atoms with Crippen LogP contribution < -0.4 is 0 Å². The second-order valence-electron chi connectivity index (χ2n) is 5.47. The number of carboxylic acids is 1. The summed E-state index contributed by atoms with van der Waals surface area (Å²) in [6, 6.07) is 11.5. The lowest BCUT2D eigenvalue weighted by molar-refractivity contribution is -0.142. The van der Waals surface area contributed by atoms with Crippen LogP contribution in [-0.2, 0) is 4.79 Å². The van der Waals surface area contributed by atoms with Crippen LogP contribution in [-0.4, -0.2) is 33.5 Å². The monoisotopic (exact) mass is 360 g/mol. The zero-order valence-electron chi connectivity index (χ0n) is 12.0. The average Bonchev–Trinajstić information content (AvgIpc) is 3.00. The first kappa shape index (κ1) is 15.2. The lowest BCUT2D eigenvalue weighted by Gasteiger charge is -2.32. The van der Waals surface area contributed by atoms with Gasteiger partial charge in [0.1, 0.15) is 6.04 Å². The summed E-state index contributed by atoms with van der Waals surface area (Å²) < 4.78 is 1.01. The molecule has 0 bridgehead atoms. The minimum atomic E-state index is -0.742. The van der Waals surface area contributed by atoms with Gasteiger partial charge >= 0.3 is 5.97 Å². The topological polar surface area (TPSA) is 53.4 Å². The lowest BCUT2D eigenvalue weighted by atomic mass is 9.97. The summed E-state index contributed by atoms with van der Waals surface area (Å²) in [7, 11) is 0. The molecule has 22 heavy (non-hydrogen) atoms. The molecular weight excluding hydrogens is 344 g/mol. The number of carboxylic acid groups (broad SMARTS) is 1. The first-order valence-electron chi connectivity index (χ1n) is 7.31. The molecular formula is C17H17BrN2O2.